The number of carbonyl (C=O) groups is 1. The lowest BCUT2D eigenvalue weighted by Crippen LogP contribution is -2.45. The van der Waals surface area contributed by atoms with Crippen LogP contribution < -0.4 is 11.1 Å². The van der Waals surface area contributed by atoms with E-state index in [1.165, 1.54) is 36.8 Å². The minimum atomic E-state index is -4.60. The van der Waals surface area contributed by atoms with E-state index in [2.05, 4.69) is 38.9 Å². The van der Waals surface area contributed by atoms with E-state index in [0.29, 0.717) is 35.5 Å². The summed E-state index contributed by atoms with van der Waals surface area (Å²) in [6.45, 7) is 6.15. The van der Waals surface area contributed by atoms with Crippen LogP contribution in [0.2, 0.25) is 0 Å². The molecular weight excluding hydrogens is 507 g/mol. The van der Waals surface area contributed by atoms with Gasteiger partial charge in [0.2, 0.25) is 0 Å². The molecule has 0 radical (unpaired) electrons. The number of nitrogens with zero attached hydrogens (tertiary/aromatic N) is 4. The summed E-state index contributed by atoms with van der Waals surface area (Å²) in [5.74, 6) is 5.21. The second kappa shape index (κ2) is 12.1. The molecule has 0 saturated carbocycles. The van der Waals surface area contributed by atoms with Crippen molar-refractivity contribution in [1.82, 2.24) is 19.8 Å². The van der Waals surface area contributed by atoms with Crippen molar-refractivity contribution < 1.29 is 18.0 Å². The Hall–Kier alpha value is -4.27. The van der Waals surface area contributed by atoms with Crippen LogP contribution in [0.4, 0.5) is 24.7 Å². The molecule has 8 nitrogen and oxygen atoms in total. The Kier molecular flexibility index (Phi) is 8.59. The molecule has 2 aromatic heterocycles. The van der Waals surface area contributed by atoms with Crippen LogP contribution in [0.25, 0.3) is 0 Å². The van der Waals surface area contributed by atoms with Gasteiger partial charge >= 0.3 is 6.18 Å². The summed E-state index contributed by atoms with van der Waals surface area (Å²) >= 11 is 0. The molecule has 202 valence electrons. The van der Waals surface area contributed by atoms with Crippen molar-refractivity contribution >= 4 is 23.6 Å². The van der Waals surface area contributed by atoms with Gasteiger partial charge in [0.1, 0.15) is 5.82 Å². The number of benzene rings is 1. The number of hydrogen-bond donors (Lipinski definition) is 3. The maximum atomic E-state index is 13.9. The molecule has 11 heteroatoms. The number of piperazine rings is 1. The molecule has 1 saturated heterocycles. The van der Waals surface area contributed by atoms with Gasteiger partial charge in [0.15, 0.2) is 0 Å². The monoisotopic (exact) mass is 535 g/mol. The summed E-state index contributed by atoms with van der Waals surface area (Å²) in [7, 11) is 0. The van der Waals surface area contributed by atoms with Crippen molar-refractivity contribution in [3.8, 4) is 11.8 Å². The standard InChI is InChI=1S/C28H28F3N7O/c1-2-37-9-11-38(12-10-37)18-22-6-5-20(14-24(22)28(29,30)31)27(39)36-26-13-19(7-8-35-26)3-4-21-16-34-17-25(33)23(21)15-32/h5-8,13-17,32H,2,9-12,18,33H2,1H3,(H,35,36,39). The van der Waals surface area contributed by atoms with Crippen LogP contribution in [0.15, 0.2) is 48.9 Å². The maximum absolute atomic E-state index is 13.9. The largest absolute Gasteiger partial charge is 0.416 e. The van der Waals surface area contributed by atoms with E-state index in [9.17, 15) is 18.0 Å². The zero-order valence-electron chi connectivity index (χ0n) is 21.3. The lowest BCUT2D eigenvalue weighted by Gasteiger charge is -2.34. The van der Waals surface area contributed by atoms with Crippen molar-refractivity contribution in [2.75, 3.05) is 43.8 Å². The predicted octanol–water partition coefficient (Wildman–Crippen LogP) is 3.86. The molecule has 0 aliphatic carbocycles. The van der Waals surface area contributed by atoms with Gasteiger partial charge in [-0.1, -0.05) is 24.8 Å². The van der Waals surface area contributed by atoms with Crippen LogP contribution in [-0.2, 0) is 12.7 Å². The molecule has 0 bridgehead atoms. The van der Waals surface area contributed by atoms with Gasteiger partial charge < -0.3 is 21.4 Å². The van der Waals surface area contributed by atoms with E-state index in [-0.39, 0.29) is 23.5 Å². The first-order valence-corrected chi connectivity index (χ1v) is 12.4. The van der Waals surface area contributed by atoms with Crippen LogP contribution in [0.3, 0.4) is 0 Å². The quantitative estimate of drug-likeness (QED) is 0.327. The third-order valence-electron chi connectivity index (χ3n) is 6.49. The molecule has 1 fully saturated rings. The minimum absolute atomic E-state index is 0.123. The molecule has 0 unspecified atom stereocenters. The first-order chi connectivity index (χ1) is 18.7. The zero-order valence-corrected chi connectivity index (χ0v) is 21.3. The van der Waals surface area contributed by atoms with Crippen LogP contribution in [0.5, 0.6) is 0 Å². The molecule has 39 heavy (non-hydrogen) atoms. The number of hydrogen-bond acceptors (Lipinski definition) is 7. The Bertz CT molecular complexity index is 1420. The number of alkyl halides is 3. The van der Waals surface area contributed by atoms with Crippen molar-refractivity contribution in [2.24, 2.45) is 0 Å². The van der Waals surface area contributed by atoms with Gasteiger partial charge in [0.05, 0.1) is 23.0 Å². The van der Waals surface area contributed by atoms with Gasteiger partial charge in [-0.25, -0.2) is 4.98 Å². The highest BCUT2D eigenvalue weighted by Crippen LogP contribution is 2.33. The molecule has 0 spiro atoms. The van der Waals surface area contributed by atoms with E-state index >= 15 is 0 Å². The summed E-state index contributed by atoms with van der Waals surface area (Å²) in [6.07, 6.45) is 0.829. The van der Waals surface area contributed by atoms with Crippen molar-refractivity contribution in [3.63, 3.8) is 0 Å². The number of anilines is 2. The highest BCUT2D eigenvalue weighted by molar-refractivity contribution is 6.04. The number of rotatable bonds is 6. The van der Waals surface area contributed by atoms with Gasteiger partial charge in [0, 0.05) is 68.0 Å². The van der Waals surface area contributed by atoms with E-state index in [0.717, 1.165) is 31.9 Å². The highest BCUT2D eigenvalue weighted by Gasteiger charge is 2.34. The molecule has 1 aliphatic heterocycles. The number of amides is 1. The number of aromatic nitrogens is 2. The van der Waals surface area contributed by atoms with Gasteiger partial charge in [-0.3, -0.25) is 14.7 Å². The molecule has 1 amide bonds. The van der Waals surface area contributed by atoms with Crippen LogP contribution in [0.1, 0.15) is 45.1 Å². The van der Waals surface area contributed by atoms with Gasteiger partial charge in [-0.2, -0.15) is 13.2 Å². The third kappa shape index (κ3) is 6.98. The lowest BCUT2D eigenvalue weighted by molar-refractivity contribution is -0.138. The second-order valence-electron chi connectivity index (χ2n) is 9.05. The topological polar surface area (TPSA) is 111 Å². The molecule has 3 aromatic rings. The number of pyridine rings is 2. The number of carbonyl (C=O) groups excluding carboxylic acids is 1. The maximum Gasteiger partial charge on any atom is 0.416 e. The van der Waals surface area contributed by atoms with Crippen molar-refractivity contribution in [1.29, 1.82) is 5.41 Å². The van der Waals surface area contributed by atoms with Crippen LogP contribution in [-0.4, -0.2) is 64.6 Å². The van der Waals surface area contributed by atoms with E-state index in [1.54, 1.807) is 6.07 Å². The molecule has 3 heterocycles. The fourth-order valence-corrected chi connectivity index (χ4v) is 4.28. The average molecular weight is 536 g/mol. The van der Waals surface area contributed by atoms with E-state index in [1.807, 2.05) is 4.90 Å². The predicted molar refractivity (Wildman–Crippen MR) is 144 cm³/mol. The Morgan fingerprint density at radius 3 is 2.56 bits per heavy atom. The third-order valence-corrected chi connectivity index (χ3v) is 6.49. The molecule has 0 atom stereocenters. The lowest BCUT2D eigenvalue weighted by atomic mass is 10.0. The molecule has 1 aromatic carbocycles. The fraction of sp³-hybridized carbons (Fsp3) is 0.286. The summed E-state index contributed by atoms with van der Waals surface area (Å²) in [5, 5.41) is 10.1. The van der Waals surface area contributed by atoms with Crippen LogP contribution in [0, 0.1) is 17.3 Å². The second-order valence-corrected chi connectivity index (χ2v) is 9.05. The SMILES string of the molecule is CCN1CCN(Cc2ccc(C(=O)Nc3cc(C#Cc4cncc(N)c4C=N)ccn3)cc2C(F)(F)F)CC1. The Morgan fingerprint density at radius 1 is 1.13 bits per heavy atom. The number of nitrogen functional groups attached to an aromatic ring is 1. The van der Waals surface area contributed by atoms with Gasteiger partial charge in [-0.05, 0) is 36.4 Å². The van der Waals surface area contributed by atoms with Crippen molar-refractivity contribution in [3.05, 3.63) is 82.3 Å². The normalized spacial score (nSPS) is 14.4. The number of nitrogens with one attached hydrogen (secondary N) is 2. The van der Waals surface area contributed by atoms with Gasteiger partial charge in [0.25, 0.3) is 5.91 Å². The van der Waals surface area contributed by atoms with Gasteiger partial charge in [-0.15, -0.1) is 0 Å². The Balaban J connectivity index is 1.50. The smallest absolute Gasteiger partial charge is 0.397 e. The van der Waals surface area contributed by atoms with E-state index in [4.69, 9.17) is 11.1 Å². The highest BCUT2D eigenvalue weighted by atomic mass is 19.4. The number of nitrogens with two attached hydrogens (primary N) is 1. The Labute approximate surface area is 224 Å². The first-order valence-electron chi connectivity index (χ1n) is 12.4. The number of halogens is 3. The number of likely N-dealkylation sites (N-methyl/N-ethyl adjacent to an activating group) is 1. The molecule has 1 aliphatic rings. The van der Waals surface area contributed by atoms with Crippen molar-refractivity contribution in [2.45, 2.75) is 19.6 Å². The molecular formula is C28H28F3N7O. The summed E-state index contributed by atoms with van der Waals surface area (Å²) in [5.41, 5.74) is 6.73. The minimum Gasteiger partial charge on any atom is -0.397 e. The summed E-state index contributed by atoms with van der Waals surface area (Å²) in [6, 6.07) is 6.78. The molecule has 4 rings (SSSR count). The Morgan fingerprint density at radius 2 is 1.87 bits per heavy atom. The summed E-state index contributed by atoms with van der Waals surface area (Å²) < 4.78 is 41.8. The van der Waals surface area contributed by atoms with Crippen LogP contribution >= 0.6 is 0 Å². The van der Waals surface area contributed by atoms with E-state index < -0.39 is 17.6 Å². The first kappa shape index (κ1) is 27.8. The zero-order chi connectivity index (χ0) is 28.0. The molecule has 4 N–H and O–H groups in total. The average Bonchev–Trinajstić information content (AvgIpc) is 2.92. The summed E-state index contributed by atoms with van der Waals surface area (Å²) in [4.78, 5) is 25.2. The fourth-order valence-electron chi connectivity index (χ4n) is 4.28.